The van der Waals surface area contributed by atoms with Crippen molar-refractivity contribution in [2.75, 3.05) is 6.54 Å². The molecular weight excluding hydrogens is 252 g/mol. The molecule has 0 saturated carbocycles. The Morgan fingerprint density at radius 3 is 2.89 bits per heavy atom. The summed E-state index contributed by atoms with van der Waals surface area (Å²) in [5.74, 6) is 0. The second-order valence-corrected chi connectivity index (χ2v) is 7.12. The molecule has 4 rings (SSSR count). The fourth-order valence-electron chi connectivity index (χ4n) is 3.34. The van der Waals surface area contributed by atoms with E-state index in [2.05, 4.69) is 71.5 Å². The Bertz CT molecular complexity index is 631. The van der Waals surface area contributed by atoms with E-state index >= 15 is 0 Å². The molecule has 2 atom stereocenters. The summed E-state index contributed by atoms with van der Waals surface area (Å²) < 4.78 is 2.45. The molecule has 2 nitrogen and oxygen atoms in total. The predicted molar refractivity (Wildman–Crippen MR) is 80.7 cm³/mol. The van der Waals surface area contributed by atoms with Crippen LogP contribution in [0.1, 0.15) is 29.2 Å². The van der Waals surface area contributed by atoms with Crippen molar-refractivity contribution in [2.24, 2.45) is 0 Å². The maximum absolute atomic E-state index is 2.62. The van der Waals surface area contributed by atoms with Gasteiger partial charge in [0.15, 0.2) is 0 Å². The van der Waals surface area contributed by atoms with Crippen LogP contribution in [0.15, 0.2) is 36.4 Å². The Morgan fingerprint density at radius 1 is 1.16 bits per heavy atom. The molecule has 0 spiro atoms. The monoisotopic (exact) mass is 270 g/mol. The summed E-state index contributed by atoms with van der Waals surface area (Å²) in [6, 6.07) is 13.4. The lowest BCUT2D eigenvalue weighted by atomic mass is 10.1. The predicted octanol–water partition coefficient (Wildman–Crippen LogP) is 3.74. The Kier molecular flexibility index (Phi) is 2.54. The van der Waals surface area contributed by atoms with Crippen LogP contribution >= 0.6 is 11.8 Å². The van der Waals surface area contributed by atoms with Crippen LogP contribution in [0.25, 0.3) is 5.69 Å². The van der Waals surface area contributed by atoms with Gasteiger partial charge in [-0.1, -0.05) is 25.1 Å². The van der Waals surface area contributed by atoms with Gasteiger partial charge in [0.1, 0.15) is 0 Å². The molecule has 0 bridgehead atoms. The van der Waals surface area contributed by atoms with Crippen molar-refractivity contribution >= 4 is 11.8 Å². The first-order valence-corrected chi connectivity index (χ1v) is 7.84. The topological polar surface area (TPSA) is 8.17 Å². The third kappa shape index (κ3) is 1.68. The van der Waals surface area contributed by atoms with Crippen LogP contribution in [0.2, 0.25) is 0 Å². The number of benzene rings is 1. The standard InChI is InChI=1S/C16H18N2S/c1-11-7-8-15-16-17(9-12(2)19-16)10-13-5-3-4-6-14(13)18(11)15/h3-8,12,16H,9-10H2,1-2H3/t12-,16-/m1/s1. The molecular formula is C16H18N2S. The number of nitrogens with zero attached hydrogens (tertiary/aromatic N) is 2. The second-order valence-electron chi connectivity index (χ2n) is 5.59. The van der Waals surface area contributed by atoms with Gasteiger partial charge in [0.25, 0.3) is 0 Å². The average Bonchev–Trinajstić information content (AvgIpc) is 2.90. The Balaban J connectivity index is 1.96. The number of rotatable bonds is 0. The van der Waals surface area contributed by atoms with Gasteiger partial charge in [-0.25, -0.2) is 0 Å². The Morgan fingerprint density at radius 2 is 2.00 bits per heavy atom. The van der Waals surface area contributed by atoms with Crippen LogP contribution < -0.4 is 0 Å². The van der Waals surface area contributed by atoms with Gasteiger partial charge in [-0.05, 0) is 30.7 Å². The minimum absolute atomic E-state index is 0.510. The van der Waals surface area contributed by atoms with Crippen molar-refractivity contribution in [1.82, 2.24) is 9.47 Å². The fourth-order valence-corrected chi connectivity index (χ4v) is 4.72. The first-order valence-electron chi connectivity index (χ1n) is 6.90. The second kappa shape index (κ2) is 4.15. The highest BCUT2D eigenvalue weighted by atomic mass is 32.2. The van der Waals surface area contributed by atoms with E-state index in [0.29, 0.717) is 5.37 Å². The average molecular weight is 270 g/mol. The quantitative estimate of drug-likeness (QED) is 0.720. The van der Waals surface area contributed by atoms with Gasteiger partial charge >= 0.3 is 0 Å². The summed E-state index contributed by atoms with van der Waals surface area (Å²) >= 11 is 2.09. The van der Waals surface area contributed by atoms with Crippen molar-refractivity contribution in [1.29, 1.82) is 0 Å². The normalized spacial score (nSPS) is 25.6. The summed E-state index contributed by atoms with van der Waals surface area (Å²) in [6.45, 7) is 6.80. The van der Waals surface area contributed by atoms with E-state index in [4.69, 9.17) is 0 Å². The minimum Gasteiger partial charge on any atom is -0.315 e. The van der Waals surface area contributed by atoms with Crippen molar-refractivity contribution < 1.29 is 0 Å². The van der Waals surface area contributed by atoms with E-state index in [1.165, 1.54) is 29.2 Å². The maximum Gasteiger partial charge on any atom is 0.0976 e. The molecule has 0 amide bonds. The molecule has 19 heavy (non-hydrogen) atoms. The van der Waals surface area contributed by atoms with Gasteiger partial charge in [-0.15, -0.1) is 11.8 Å². The summed E-state index contributed by atoms with van der Waals surface area (Å²) in [5.41, 5.74) is 5.59. The molecule has 1 saturated heterocycles. The first-order chi connectivity index (χ1) is 9.24. The molecule has 1 fully saturated rings. The molecule has 2 aliphatic heterocycles. The zero-order chi connectivity index (χ0) is 13.0. The van der Waals surface area contributed by atoms with Crippen LogP contribution in [0, 0.1) is 6.92 Å². The lowest BCUT2D eigenvalue weighted by molar-refractivity contribution is 0.273. The zero-order valence-electron chi connectivity index (χ0n) is 11.3. The summed E-state index contributed by atoms with van der Waals surface area (Å²) in [6.07, 6.45) is 0. The first kappa shape index (κ1) is 11.6. The van der Waals surface area contributed by atoms with Crippen molar-refractivity contribution in [3.8, 4) is 5.69 Å². The van der Waals surface area contributed by atoms with Crippen molar-refractivity contribution in [3.05, 3.63) is 53.3 Å². The molecule has 2 aliphatic rings. The van der Waals surface area contributed by atoms with Crippen LogP contribution in [0.4, 0.5) is 0 Å². The molecule has 1 aromatic heterocycles. The molecule has 2 aromatic rings. The van der Waals surface area contributed by atoms with E-state index in [1.807, 2.05) is 0 Å². The summed E-state index contributed by atoms with van der Waals surface area (Å²) in [4.78, 5) is 2.62. The third-order valence-corrected chi connectivity index (χ3v) is 5.56. The Hall–Kier alpha value is -1.19. The van der Waals surface area contributed by atoms with Gasteiger partial charge in [0, 0.05) is 24.0 Å². The lowest BCUT2D eigenvalue weighted by Crippen LogP contribution is -2.22. The number of thioether (sulfide) groups is 1. The van der Waals surface area contributed by atoms with Gasteiger partial charge in [-0.3, -0.25) is 4.90 Å². The number of aryl methyl sites for hydroxylation is 1. The number of hydrogen-bond acceptors (Lipinski definition) is 2. The molecule has 98 valence electrons. The van der Waals surface area contributed by atoms with Gasteiger partial charge < -0.3 is 4.57 Å². The van der Waals surface area contributed by atoms with Gasteiger partial charge in [0.05, 0.1) is 16.8 Å². The van der Waals surface area contributed by atoms with E-state index in [1.54, 1.807) is 0 Å². The highest BCUT2D eigenvalue weighted by molar-refractivity contribution is 8.00. The molecule has 0 unspecified atom stereocenters. The van der Waals surface area contributed by atoms with Crippen LogP contribution in [0.5, 0.6) is 0 Å². The van der Waals surface area contributed by atoms with Crippen LogP contribution in [-0.4, -0.2) is 21.3 Å². The molecule has 1 aromatic carbocycles. The van der Waals surface area contributed by atoms with Crippen LogP contribution in [0.3, 0.4) is 0 Å². The highest BCUT2D eigenvalue weighted by Crippen LogP contribution is 2.46. The van der Waals surface area contributed by atoms with E-state index < -0.39 is 0 Å². The summed E-state index contributed by atoms with van der Waals surface area (Å²) in [5, 5.41) is 1.23. The maximum atomic E-state index is 2.62. The van der Waals surface area contributed by atoms with E-state index in [-0.39, 0.29) is 0 Å². The third-order valence-electron chi connectivity index (χ3n) is 4.15. The fraction of sp³-hybridized carbons (Fsp3) is 0.375. The smallest absolute Gasteiger partial charge is 0.0976 e. The Labute approximate surface area is 118 Å². The van der Waals surface area contributed by atoms with Crippen molar-refractivity contribution in [3.63, 3.8) is 0 Å². The summed E-state index contributed by atoms with van der Waals surface area (Å²) in [7, 11) is 0. The molecule has 3 heteroatoms. The van der Waals surface area contributed by atoms with Crippen molar-refractivity contribution in [2.45, 2.75) is 31.0 Å². The number of fused-ring (bicyclic) bond motifs is 5. The SMILES string of the molecule is Cc1ccc2n1-c1ccccc1CN1C[C@@H](C)S[C@H]21. The molecule has 0 aliphatic carbocycles. The number of aromatic nitrogens is 1. The lowest BCUT2D eigenvalue weighted by Gasteiger charge is -2.20. The molecule has 0 radical (unpaired) electrons. The molecule has 0 N–H and O–H groups in total. The number of para-hydroxylation sites is 1. The highest BCUT2D eigenvalue weighted by Gasteiger charge is 2.36. The minimum atomic E-state index is 0.510. The number of hydrogen-bond donors (Lipinski definition) is 0. The van der Waals surface area contributed by atoms with Gasteiger partial charge in [0.2, 0.25) is 0 Å². The largest absolute Gasteiger partial charge is 0.315 e. The van der Waals surface area contributed by atoms with Crippen LogP contribution in [-0.2, 0) is 6.54 Å². The molecule has 3 heterocycles. The van der Waals surface area contributed by atoms with E-state index in [9.17, 15) is 0 Å². The zero-order valence-corrected chi connectivity index (χ0v) is 12.2. The van der Waals surface area contributed by atoms with E-state index in [0.717, 1.165) is 11.8 Å². The van der Waals surface area contributed by atoms with Gasteiger partial charge in [-0.2, -0.15) is 0 Å².